The lowest BCUT2D eigenvalue weighted by Crippen LogP contribution is -2.06. The fourth-order valence-corrected chi connectivity index (χ4v) is 1.31. The zero-order valence-corrected chi connectivity index (χ0v) is 8.41. The first-order valence-corrected chi connectivity index (χ1v) is 5.21. The summed E-state index contributed by atoms with van der Waals surface area (Å²) < 4.78 is 35.1. The molecule has 0 aliphatic heterocycles. The van der Waals surface area contributed by atoms with Gasteiger partial charge in [-0.2, -0.15) is 13.2 Å². The second-order valence-electron chi connectivity index (χ2n) is 3.54. The minimum absolute atomic E-state index is 0.0337. The van der Waals surface area contributed by atoms with Crippen LogP contribution in [0.15, 0.2) is 0 Å². The molecule has 0 atom stereocenters. The fourth-order valence-electron chi connectivity index (χ4n) is 1.31. The molecule has 1 nitrogen and oxygen atoms in total. The molecule has 0 aliphatic rings. The molecule has 4 heteroatoms. The van der Waals surface area contributed by atoms with Crippen LogP contribution >= 0.6 is 0 Å². The molecule has 0 rings (SSSR count). The van der Waals surface area contributed by atoms with E-state index in [9.17, 15) is 18.3 Å². The van der Waals surface area contributed by atoms with E-state index in [-0.39, 0.29) is 13.0 Å². The maximum atomic E-state index is 11.7. The first-order chi connectivity index (χ1) is 6.56. The highest BCUT2D eigenvalue weighted by atomic mass is 19.4. The van der Waals surface area contributed by atoms with Gasteiger partial charge in [0.1, 0.15) is 0 Å². The summed E-state index contributed by atoms with van der Waals surface area (Å²) in [5, 5.41) is 10.1. The van der Waals surface area contributed by atoms with Gasteiger partial charge in [0, 0.05) is 6.42 Å². The highest BCUT2D eigenvalue weighted by Crippen LogP contribution is 2.23. The maximum Gasteiger partial charge on any atom is 0.389 e. The maximum absolute atomic E-state index is 11.7. The Morgan fingerprint density at radius 3 is 1.57 bits per heavy atom. The summed E-state index contributed by atoms with van der Waals surface area (Å²) in [6, 6.07) is 0. The second-order valence-corrected chi connectivity index (χ2v) is 3.54. The van der Waals surface area contributed by atoms with E-state index in [1.54, 1.807) is 0 Å². The van der Waals surface area contributed by atoms with Gasteiger partial charge in [0.05, 0.1) is 6.61 Å². The van der Waals surface area contributed by atoms with Crippen molar-refractivity contribution in [1.82, 2.24) is 0 Å². The van der Waals surface area contributed by atoms with Gasteiger partial charge < -0.3 is 0 Å². The Morgan fingerprint density at radius 1 is 0.714 bits per heavy atom. The quantitative estimate of drug-likeness (QED) is 0.539. The Labute approximate surface area is 83.3 Å². The van der Waals surface area contributed by atoms with Gasteiger partial charge in [-0.3, -0.25) is 0 Å². The molecule has 0 unspecified atom stereocenters. The van der Waals surface area contributed by atoms with Crippen molar-refractivity contribution in [3.05, 3.63) is 0 Å². The minimum Gasteiger partial charge on any atom is -0.237 e. The first-order valence-electron chi connectivity index (χ1n) is 5.21. The van der Waals surface area contributed by atoms with Crippen molar-refractivity contribution in [1.29, 1.82) is 0 Å². The van der Waals surface area contributed by atoms with Crippen LogP contribution in [0.4, 0.5) is 13.2 Å². The lowest BCUT2D eigenvalue weighted by atomic mass is 10.1. The summed E-state index contributed by atoms with van der Waals surface area (Å²) in [7, 11) is 0. The van der Waals surface area contributed by atoms with E-state index in [4.69, 9.17) is 0 Å². The molecule has 0 N–H and O–H groups in total. The molecular weight excluding hydrogens is 193 g/mol. The van der Waals surface area contributed by atoms with Crippen molar-refractivity contribution in [2.45, 2.75) is 57.5 Å². The minimum atomic E-state index is -4.00. The lowest BCUT2D eigenvalue weighted by Gasteiger charge is -2.05. The number of alkyl halides is 3. The van der Waals surface area contributed by atoms with Crippen LogP contribution in [-0.4, -0.2) is 12.8 Å². The predicted molar refractivity (Wildman–Crippen MR) is 48.5 cm³/mol. The largest absolute Gasteiger partial charge is 0.389 e. The van der Waals surface area contributed by atoms with E-state index in [2.05, 4.69) is 0 Å². The number of halogens is 3. The Hall–Kier alpha value is -0.250. The van der Waals surface area contributed by atoms with Crippen molar-refractivity contribution in [3.63, 3.8) is 0 Å². The van der Waals surface area contributed by atoms with E-state index < -0.39 is 12.6 Å². The number of rotatable bonds is 8. The Morgan fingerprint density at radius 2 is 1.14 bits per heavy atom. The van der Waals surface area contributed by atoms with Crippen molar-refractivity contribution >= 4 is 0 Å². The zero-order valence-electron chi connectivity index (χ0n) is 8.41. The van der Waals surface area contributed by atoms with Crippen LogP contribution in [0.25, 0.3) is 0 Å². The zero-order chi connectivity index (χ0) is 10.9. The normalized spacial score (nSPS) is 12.0. The fraction of sp³-hybridized carbons (Fsp3) is 1.00. The summed E-state index contributed by atoms with van der Waals surface area (Å²) in [6.45, 7) is -0.0337. The highest BCUT2D eigenvalue weighted by Gasteiger charge is 2.25. The second kappa shape index (κ2) is 8.09. The molecule has 0 aromatic carbocycles. The van der Waals surface area contributed by atoms with Crippen LogP contribution in [0.1, 0.15) is 51.4 Å². The van der Waals surface area contributed by atoms with Gasteiger partial charge >= 0.3 is 6.18 Å². The highest BCUT2D eigenvalue weighted by molar-refractivity contribution is 4.52. The van der Waals surface area contributed by atoms with E-state index >= 15 is 0 Å². The van der Waals surface area contributed by atoms with Crippen LogP contribution in [0.2, 0.25) is 0 Å². The molecule has 1 radical (unpaired) electrons. The monoisotopic (exact) mass is 211 g/mol. The molecule has 0 heterocycles. The molecule has 0 bridgehead atoms. The Kier molecular flexibility index (Phi) is 7.95. The third kappa shape index (κ3) is 11.8. The van der Waals surface area contributed by atoms with Crippen LogP contribution in [0, 0.1) is 0 Å². The Balaban J connectivity index is 2.99. The molecule has 0 spiro atoms. The van der Waals surface area contributed by atoms with Crippen molar-refractivity contribution in [2.75, 3.05) is 6.61 Å². The van der Waals surface area contributed by atoms with Crippen molar-refractivity contribution < 1.29 is 18.3 Å². The van der Waals surface area contributed by atoms with Crippen LogP contribution in [0.3, 0.4) is 0 Å². The molecule has 0 aliphatic carbocycles. The lowest BCUT2D eigenvalue weighted by molar-refractivity contribution is -0.135. The van der Waals surface area contributed by atoms with Gasteiger partial charge in [-0.15, -0.1) is 0 Å². The van der Waals surface area contributed by atoms with Gasteiger partial charge in [-0.1, -0.05) is 32.1 Å². The van der Waals surface area contributed by atoms with E-state index in [1.807, 2.05) is 0 Å². The molecule has 0 saturated carbocycles. The molecule has 85 valence electrons. The molecule has 0 aromatic heterocycles. The van der Waals surface area contributed by atoms with Gasteiger partial charge in [-0.05, 0) is 12.8 Å². The van der Waals surface area contributed by atoms with Crippen LogP contribution in [-0.2, 0) is 5.11 Å². The number of hydrogen-bond acceptors (Lipinski definition) is 0. The number of hydrogen-bond donors (Lipinski definition) is 0. The summed E-state index contributed by atoms with van der Waals surface area (Å²) in [5.74, 6) is 0. The molecule has 0 saturated heterocycles. The third-order valence-corrected chi connectivity index (χ3v) is 2.10. The average molecular weight is 211 g/mol. The summed E-state index contributed by atoms with van der Waals surface area (Å²) in [4.78, 5) is 0. The Bertz CT molecular complexity index is 123. The van der Waals surface area contributed by atoms with Gasteiger partial charge in [-0.25, -0.2) is 5.11 Å². The van der Waals surface area contributed by atoms with Crippen LogP contribution < -0.4 is 0 Å². The standard InChI is InChI=1S/C10H18F3O/c11-10(12,13)8-6-4-2-1-3-5-7-9-14/h1-9H2. The topological polar surface area (TPSA) is 19.9 Å². The van der Waals surface area contributed by atoms with E-state index in [0.29, 0.717) is 12.8 Å². The SMILES string of the molecule is [O]CCCCCCCCCC(F)(F)F. The number of unbranched alkanes of at least 4 members (excludes halogenated alkanes) is 6. The summed E-state index contributed by atoms with van der Waals surface area (Å²) in [5.41, 5.74) is 0. The first kappa shape index (κ1) is 13.8. The molecular formula is C10H18F3O. The van der Waals surface area contributed by atoms with E-state index in [1.165, 1.54) is 0 Å². The molecule has 14 heavy (non-hydrogen) atoms. The summed E-state index contributed by atoms with van der Waals surface area (Å²) >= 11 is 0. The molecule has 0 aromatic rings. The van der Waals surface area contributed by atoms with E-state index in [0.717, 1.165) is 25.7 Å². The smallest absolute Gasteiger partial charge is 0.237 e. The van der Waals surface area contributed by atoms with Crippen molar-refractivity contribution in [3.8, 4) is 0 Å². The summed E-state index contributed by atoms with van der Waals surface area (Å²) in [6.07, 6.45) is 0.643. The third-order valence-electron chi connectivity index (χ3n) is 2.10. The average Bonchev–Trinajstić information content (AvgIpc) is 2.08. The van der Waals surface area contributed by atoms with Crippen LogP contribution in [0.5, 0.6) is 0 Å². The molecule has 0 fully saturated rings. The van der Waals surface area contributed by atoms with Gasteiger partial charge in [0.2, 0.25) is 0 Å². The van der Waals surface area contributed by atoms with Crippen molar-refractivity contribution in [2.24, 2.45) is 0 Å². The predicted octanol–water partition coefficient (Wildman–Crippen LogP) is 4.10. The van der Waals surface area contributed by atoms with Gasteiger partial charge in [0.15, 0.2) is 0 Å². The molecule has 0 amide bonds. The van der Waals surface area contributed by atoms with Gasteiger partial charge in [0.25, 0.3) is 0 Å².